The molecule has 0 aliphatic carbocycles. The molecule has 0 spiro atoms. The number of morpholine rings is 1. The lowest BCUT2D eigenvalue weighted by Crippen LogP contribution is -2.44. The highest BCUT2D eigenvalue weighted by Gasteiger charge is 2.13. The second kappa shape index (κ2) is 7.27. The Labute approximate surface area is 132 Å². The highest BCUT2D eigenvalue weighted by atomic mass is 16.5. The summed E-state index contributed by atoms with van der Waals surface area (Å²) in [5.41, 5.74) is 4.00. The Morgan fingerprint density at radius 2 is 2.14 bits per heavy atom. The highest BCUT2D eigenvalue weighted by molar-refractivity contribution is 5.85. The van der Waals surface area contributed by atoms with Crippen molar-refractivity contribution >= 4 is 10.9 Å². The predicted molar refractivity (Wildman–Crippen MR) is 91.5 cm³/mol. The standard InChI is InChI=1S/C18H27N3O/c1-14-4-3-5-17-16(12-20-18(14)17)6-7-19-15(2)13-21-8-10-22-11-9-21/h3-5,12,15,19-20H,6-11,13H2,1-2H3/t15-/m0/s1. The van der Waals surface area contributed by atoms with Crippen LogP contribution in [0.1, 0.15) is 18.1 Å². The van der Waals surface area contributed by atoms with Gasteiger partial charge in [0.25, 0.3) is 0 Å². The summed E-state index contributed by atoms with van der Waals surface area (Å²) in [6.45, 7) is 10.4. The third-order valence-electron chi connectivity index (χ3n) is 4.53. The minimum absolute atomic E-state index is 0.519. The molecule has 1 saturated heterocycles. The molecule has 4 nitrogen and oxygen atoms in total. The average Bonchev–Trinajstić information content (AvgIpc) is 2.93. The Kier molecular flexibility index (Phi) is 5.13. The first-order valence-electron chi connectivity index (χ1n) is 8.33. The van der Waals surface area contributed by atoms with Gasteiger partial charge in [-0.3, -0.25) is 4.90 Å². The maximum absolute atomic E-state index is 5.40. The summed E-state index contributed by atoms with van der Waals surface area (Å²) in [5.74, 6) is 0. The summed E-state index contributed by atoms with van der Waals surface area (Å²) < 4.78 is 5.40. The molecule has 22 heavy (non-hydrogen) atoms. The molecule has 120 valence electrons. The van der Waals surface area contributed by atoms with Crippen LogP contribution in [0.15, 0.2) is 24.4 Å². The van der Waals surface area contributed by atoms with Gasteiger partial charge in [0.05, 0.1) is 13.2 Å². The van der Waals surface area contributed by atoms with E-state index in [1.165, 1.54) is 22.0 Å². The number of fused-ring (bicyclic) bond motifs is 1. The average molecular weight is 301 g/mol. The van der Waals surface area contributed by atoms with Crippen LogP contribution in [0.3, 0.4) is 0 Å². The van der Waals surface area contributed by atoms with Gasteiger partial charge in [-0.2, -0.15) is 0 Å². The third kappa shape index (κ3) is 3.69. The molecule has 0 radical (unpaired) electrons. The summed E-state index contributed by atoms with van der Waals surface area (Å²) in [5, 5.41) is 5.01. The Balaban J connectivity index is 1.48. The molecular weight excluding hydrogens is 274 g/mol. The number of aromatic nitrogens is 1. The molecule has 1 atom stereocenters. The summed E-state index contributed by atoms with van der Waals surface area (Å²) >= 11 is 0. The number of para-hydroxylation sites is 1. The monoisotopic (exact) mass is 301 g/mol. The predicted octanol–water partition coefficient (Wildman–Crippen LogP) is 2.33. The van der Waals surface area contributed by atoms with Gasteiger partial charge in [-0.15, -0.1) is 0 Å². The molecule has 1 fully saturated rings. The SMILES string of the molecule is Cc1cccc2c(CCN[C@@H](C)CN3CCOCC3)c[nH]c12. The molecular formula is C18H27N3O. The van der Waals surface area contributed by atoms with Gasteiger partial charge < -0.3 is 15.0 Å². The number of ether oxygens (including phenoxy) is 1. The minimum atomic E-state index is 0.519. The minimum Gasteiger partial charge on any atom is -0.379 e. The van der Waals surface area contributed by atoms with E-state index in [4.69, 9.17) is 4.74 Å². The lowest BCUT2D eigenvalue weighted by Gasteiger charge is -2.29. The zero-order valence-electron chi connectivity index (χ0n) is 13.7. The Morgan fingerprint density at radius 3 is 2.95 bits per heavy atom. The van der Waals surface area contributed by atoms with Gasteiger partial charge in [-0.1, -0.05) is 18.2 Å². The van der Waals surface area contributed by atoms with Crippen molar-refractivity contribution in [3.63, 3.8) is 0 Å². The number of aryl methyl sites for hydroxylation is 1. The number of hydrogen-bond acceptors (Lipinski definition) is 3. The molecule has 0 bridgehead atoms. The molecule has 0 saturated carbocycles. The number of nitrogens with one attached hydrogen (secondary N) is 2. The molecule has 0 unspecified atom stereocenters. The van der Waals surface area contributed by atoms with Crippen LogP contribution in [0, 0.1) is 6.92 Å². The van der Waals surface area contributed by atoms with E-state index in [-0.39, 0.29) is 0 Å². The van der Waals surface area contributed by atoms with Crippen molar-refractivity contribution in [2.24, 2.45) is 0 Å². The molecule has 2 aromatic rings. The maximum atomic E-state index is 5.40. The molecule has 2 heterocycles. The van der Waals surface area contributed by atoms with Crippen molar-refractivity contribution in [2.45, 2.75) is 26.3 Å². The summed E-state index contributed by atoms with van der Waals surface area (Å²) in [4.78, 5) is 5.89. The fraction of sp³-hybridized carbons (Fsp3) is 0.556. The third-order valence-corrected chi connectivity index (χ3v) is 4.53. The topological polar surface area (TPSA) is 40.3 Å². The van der Waals surface area contributed by atoms with E-state index in [2.05, 4.69) is 53.4 Å². The first kappa shape index (κ1) is 15.5. The van der Waals surface area contributed by atoms with E-state index in [0.29, 0.717) is 6.04 Å². The van der Waals surface area contributed by atoms with Gasteiger partial charge in [0.2, 0.25) is 0 Å². The van der Waals surface area contributed by atoms with Crippen molar-refractivity contribution in [3.8, 4) is 0 Å². The van der Waals surface area contributed by atoms with Gasteiger partial charge >= 0.3 is 0 Å². The first-order chi connectivity index (χ1) is 10.7. The van der Waals surface area contributed by atoms with E-state index in [9.17, 15) is 0 Å². The van der Waals surface area contributed by atoms with Crippen molar-refractivity contribution in [1.29, 1.82) is 0 Å². The normalized spacial score (nSPS) is 17.9. The van der Waals surface area contributed by atoms with E-state index in [1.54, 1.807) is 0 Å². The van der Waals surface area contributed by atoms with E-state index in [0.717, 1.165) is 45.8 Å². The van der Waals surface area contributed by atoms with Crippen LogP contribution in [-0.2, 0) is 11.2 Å². The van der Waals surface area contributed by atoms with Crippen molar-refractivity contribution in [2.75, 3.05) is 39.4 Å². The molecule has 1 aliphatic heterocycles. The Bertz CT molecular complexity index is 601. The van der Waals surface area contributed by atoms with Crippen LogP contribution >= 0.6 is 0 Å². The van der Waals surface area contributed by atoms with Gasteiger partial charge in [0.1, 0.15) is 0 Å². The van der Waals surface area contributed by atoms with E-state index in [1.807, 2.05) is 0 Å². The Hall–Kier alpha value is -1.36. The second-order valence-electron chi connectivity index (χ2n) is 6.33. The molecule has 1 aliphatic rings. The van der Waals surface area contributed by atoms with Crippen LogP contribution in [0.4, 0.5) is 0 Å². The number of aromatic amines is 1. The van der Waals surface area contributed by atoms with Gasteiger partial charge in [-0.05, 0) is 37.9 Å². The van der Waals surface area contributed by atoms with Gasteiger partial charge in [0.15, 0.2) is 0 Å². The number of rotatable bonds is 6. The number of nitrogens with zero attached hydrogens (tertiary/aromatic N) is 1. The van der Waals surface area contributed by atoms with Gasteiger partial charge in [0, 0.05) is 42.8 Å². The molecule has 2 N–H and O–H groups in total. The fourth-order valence-corrected chi connectivity index (χ4v) is 3.26. The van der Waals surface area contributed by atoms with Crippen LogP contribution < -0.4 is 5.32 Å². The van der Waals surface area contributed by atoms with Crippen molar-refractivity contribution < 1.29 is 4.74 Å². The van der Waals surface area contributed by atoms with Crippen LogP contribution in [0.25, 0.3) is 10.9 Å². The number of H-pyrrole nitrogens is 1. The first-order valence-corrected chi connectivity index (χ1v) is 8.33. The van der Waals surface area contributed by atoms with Crippen LogP contribution in [0.5, 0.6) is 0 Å². The number of hydrogen-bond donors (Lipinski definition) is 2. The molecule has 1 aromatic heterocycles. The van der Waals surface area contributed by atoms with E-state index < -0.39 is 0 Å². The molecule has 4 heteroatoms. The van der Waals surface area contributed by atoms with Crippen molar-refractivity contribution in [3.05, 3.63) is 35.5 Å². The summed E-state index contributed by atoms with van der Waals surface area (Å²) in [6.07, 6.45) is 3.23. The number of benzene rings is 1. The lowest BCUT2D eigenvalue weighted by molar-refractivity contribution is 0.0344. The fourth-order valence-electron chi connectivity index (χ4n) is 3.26. The highest BCUT2D eigenvalue weighted by Crippen LogP contribution is 2.21. The smallest absolute Gasteiger partial charge is 0.0594 e. The quantitative estimate of drug-likeness (QED) is 0.860. The van der Waals surface area contributed by atoms with E-state index >= 15 is 0 Å². The molecule has 0 amide bonds. The summed E-state index contributed by atoms with van der Waals surface area (Å²) in [6, 6.07) is 7.03. The molecule has 3 rings (SSSR count). The zero-order chi connectivity index (χ0) is 15.4. The van der Waals surface area contributed by atoms with Crippen LogP contribution in [-0.4, -0.2) is 55.3 Å². The maximum Gasteiger partial charge on any atom is 0.0594 e. The van der Waals surface area contributed by atoms with Gasteiger partial charge in [-0.25, -0.2) is 0 Å². The largest absolute Gasteiger partial charge is 0.379 e. The second-order valence-corrected chi connectivity index (χ2v) is 6.33. The summed E-state index contributed by atoms with van der Waals surface area (Å²) in [7, 11) is 0. The zero-order valence-corrected chi connectivity index (χ0v) is 13.7. The Morgan fingerprint density at radius 1 is 1.32 bits per heavy atom. The van der Waals surface area contributed by atoms with Crippen molar-refractivity contribution in [1.82, 2.24) is 15.2 Å². The van der Waals surface area contributed by atoms with Crippen LogP contribution in [0.2, 0.25) is 0 Å². The lowest BCUT2D eigenvalue weighted by atomic mass is 10.1. The molecule has 1 aromatic carbocycles.